The molecule has 4 nitrogen and oxygen atoms in total. The van der Waals surface area contributed by atoms with Gasteiger partial charge in [-0.2, -0.15) is 0 Å². The molecule has 0 spiro atoms. The van der Waals surface area contributed by atoms with Gasteiger partial charge in [-0.3, -0.25) is 0 Å². The number of hydrogen-bond acceptors (Lipinski definition) is 4. The Labute approximate surface area is 102 Å². The molecular weight excluding hydrogens is 219 g/mol. The van der Waals surface area contributed by atoms with Gasteiger partial charge in [-0.05, 0) is 37.0 Å². The van der Waals surface area contributed by atoms with Gasteiger partial charge in [-0.25, -0.2) is 0 Å². The molecule has 2 N–H and O–H groups in total. The highest BCUT2D eigenvalue weighted by Crippen LogP contribution is 2.11. The Kier molecular flexibility index (Phi) is 6.04. The second kappa shape index (κ2) is 7.32. The number of rotatable bonds is 7. The Morgan fingerprint density at radius 2 is 2.00 bits per heavy atom. The summed E-state index contributed by atoms with van der Waals surface area (Å²) in [6.07, 6.45) is 0.845. The SMILES string of the molecule is CCOCCCOc1ccc(B(O)O)c(C)c1. The Bertz CT molecular complexity index is 341. The van der Waals surface area contributed by atoms with Crippen LogP contribution in [-0.4, -0.2) is 37.0 Å². The number of hydrogen-bond donors (Lipinski definition) is 2. The molecule has 5 heteroatoms. The van der Waals surface area contributed by atoms with Gasteiger partial charge in [-0.15, -0.1) is 0 Å². The maximum absolute atomic E-state index is 9.07. The van der Waals surface area contributed by atoms with Crippen LogP contribution in [0, 0.1) is 6.92 Å². The van der Waals surface area contributed by atoms with Crippen molar-refractivity contribution >= 4 is 12.6 Å². The van der Waals surface area contributed by atoms with E-state index in [1.165, 1.54) is 0 Å². The van der Waals surface area contributed by atoms with Crippen molar-refractivity contribution in [3.63, 3.8) is 0 Å². The summed E-state index contributed by atoms with van der Waals surface area (Å²) in [5.41, 5.74) is 1.31. The standard InChI is InChI=1S/C12H19BO4/c1-3-16-7-4-8-17-11-5-6-12(13(14)15)10(2)9-11/h5-6,9,14-15H,3-4,7-8H2,1-2H3. The van der Waals surface area contributed by atoms with E-state index in [-0.39, 0.29) is 0 Å². The van der Waals surface area contributed by atoms with Crippen molar-refractivity contribution in [3.05, 3.63) is 23.8 Å². The van der Waals surface area contributed by atoms with Crippen LogP contribution in [0.3, 0.4) is 0 Å². The molecule has 0 atom stereocenters. The van der Waals surface area contributed by atoms with Gasteiger partial charge in [0.05, 0.1) is 6.61 Å². The molecule has 0 aliphatic heterocycles. The zero-order valence-electron chi connectivity index (χ0n) is 10.3. The molecule has 0 aromatic heterocycles. The van der Waals surface area contributed by atoms with E-state index in [9.17, 15) is 0 Å². The van der Waals surface area contributed by atoms with Crippen molar-refractivity contribution in [1.29, 1.82) is 0 Å². The van der Waals surface area contributed by atoms with Crippen LogP contribution < -0.4 is 10.2 Å². The third-order valence-electron chi connectivity index (χ3n) is 2.43. The summed E-state index contributed by atoms with van der Waals surface area (Å²) in [5.74, 6) is 0.739. The van der Waals surface area contributed by atoms with Gasteiger partial charge in [0.25, 0.3) is 0 Å². The second-order valence-electron chi connectivity index (χ2n) is 3.79. The zero-order chi connectivity index (χ0) is 12.7. The molecular formula is C12H19BO4. The van der Waals surface area contributed by atoms with Crippen molar-refractivity contribution in [2.75, 3.05) is 19.8 Å². The summed E-state index contributed by atoms with van der Waals surface area (Å²) in [6, 6.07) is 5.20. The average Bonchev–Trinajstić information content (AvgIpc) is 2.28. The summed E-state index contributed by atoms with van der Waals surface area (Å²) in [6.45, 7) is 5.80. The van der Waals surface area contributed by atoms with Crippen molar-refractivity contribution in [1.82, 2.24) is 0 Å². The maximum atomic E-state index is 9.07. The fourth-order valence-electron chi connectivity index (χ4n) is 1.52. The van der Waals surface area contributed by atoms with E-state index >= 15 is 0 Å². The molecule has 0 amide bonds. The lowest BCUT2D eigenvalue weighted by atomic mass is 9.77. The number of benzene rings is 1. The molecule has 0 saturated heterocycles. The van der Waals surface area contributed by atoms with E-state index in [0.717, 1.165) is 24.3 Å². The highest BCUT2D eigenvalue weighted by molar-refractivity contribution is 6.59. The van der Waals surface area contributed by atoms with Gasteiger partial charge in [0, 0.05) is 19.6 Å². The molecule has 1 rings (SSSR count). The molecule has 0 saturated carbocycles. The first-order chi connectivity index (χ1) is 8.15. The molecule has 0 aliphatic rings. The first-order valence-electron chi connectivity index (χ1n) is 5.82. The van der Waals surface area contributed by atoms with Crippen LogP contribution in [0.5, 0.6) is 5.75 Å². The van der Waals surface area contributed by atoms with Gasteiger partial charge in [0.15, 0.2) is 0 Å². The van der Waals surface area contributed by atoms with Crippen LogP contribution in [0.25, 0.3) is 0 Å². The third kappa shape index (κ3) is 4.77. The third-order valence-corrected chi connectivity index (χ3v) is 2.43. The number of ether oxygens (including phenoxy) is 2. The summed E-state index contributed by atoms with van der Waals surface area (Å²) >= 11 is 0. The van der Waals surface area contributed by atoms with E-state index in [1.807, 2.05) is 13.8 Å². The largest absolute Gasteiger partial charge is 0.494 e. The van der Waals surface area contributed by atoms with E-state index in [0.29, 0.717) is 18.7 Å². The molecule has 0 aliphatic carbocycles. The second-order valence-corrected chi connectivity index (χ2v) is 3.79. The molecule has 0 radical (unpaired) electrons. The lowest BCUT2D eigenvalue weighted by Crippen LogP contribution is -2.31. The van der Waals surface area contributed by atoms with Crippen molar-refractivity contribution in [2.24, 2.45) is 0 Å². The van der Waals surface area contributed by atoms with Gasteiger partial charge in [-0.1, -0.05) is 6.07 Å². The fourth-order valence-corrected chi connectivity index (χ4v) is 1.52. The topological polar surface area (TPSA) is 58.9 Å². The Hall–Kier alpha value is -1.04. The van der Waals surface area contributed by atoms with Crippen LogP contribution >= 0.6 is 0 Å². The quantitative estimate of drug-likeness (QED) is 0.535. The van der Waals surface area contributed by atoms with Crippen molar-refractivity contribution in [3.8, 4) is 5.75 Å². The van der Waals surface area contributed by atoms with Crippen LogP contribution in [-0.2, 0) is 4.74 Å². The Balaban J connectivity index is 2.42. The van der Waals surface area contributed by atoms with Gasteiger partial charge in [0.2, 0.25) is 0 Å². The van der Waals surface area contributed by atoms with Crippen LogP contribution in [0.15, 0.2) is 18.2 Å². The predicted octanol–water partition coefficient (Wildman–Crippen LogP) is 0.480. The number of aryl methyl sites for hydroxylation is 1. The zero-order valence-corrected chi connectivity index (χ0v) is 10.3. The first kappa shape index (κ1) is 14.0. The highest BCUT2D eigenvalue weighted by Gasteiger charge is 2.13. The minimum Gasteiger partial charge on any atom is -0.494 e. The van der Waals surface area contributed by atoms with E-state index in [4.69, 9.17) is 19.5 Å². The monoisotopic (exact) mass is 238 g/mol. The lowest BCUT2D eigenvalue weighted by molar-refractivity contribution is 0.131. The summed E-state index contributed by atoms with van der Waals surface area (Å²) in [4.78, 5) is 0. The maximum Gasteiger partial charge on any atom is 0.488 e. The minimum atomic E-state index is -1.43. The molecule has 0 heterocycles. The van der Waals surface area contributed by atoms with Crippen LogP contribution in [0.2, 0.25) is 0 Å². The predicted molar refractivity (Wildman–Crippen MR) is 67.6 cm³/mol. The lowest BCUT2D eigenvalue weighted by Gasteiger charge is -2.09. The Morgan fingerprint density at radius 3 is 2.59 bits per heavy atom. The van der Waals surface area contributed by atoms with Crippen LogP contribution in [0.1, 0.15) is 18.9 Å². The van der Waals surface area contributed by atoms with Crippen molar-refractivity contribution in [2.45, 2.75) is 20.3 Å². The molecule has 0 unspecified atom stereocenters. The smallest absolute Gasteiger partial charge is 0.488 e. The Morgan fingerprint density at radius 1 is 1.24 bits per heavy atom. The molecule has 1 aromatic carbocycles. The summed E-state index contributed by atoms with van der Waals surface area (Å²) in [5, 5.41) is 18.1. The molecule has 1 aromatic rings. The first-order valence-corrected chi connectivity index (χ1v) is 5.82. The molecule has 0 bridgehead atoms. The molecule has 94 valence electrons. The van der Waals surface area contributed by atoms with E-state index < -0.39 is 7.12 Å². The van der Waals surface area contributed by atoms with E-state index in [2.05, 4.69) is 0 Å². The average molecular weight is 238 g/mol. The molecule has 17 heavy (non-hydrogen) atoms. The van der Waals surface area contributed by atoms with Crippen LogP contribution in [0.4, 0.5) is 0 Å². The minimum absolute atomic E-state index is 0.506. The fraction of sp³-hybridized carbons (Fsp3) is 0.500. The van der Waals surface area contributed by atoms with E-state index in [1.54, 1.807) is 18.2 Å². The summed E-state index contributed by atoms with van der Waals surface area (Å²) in [7, 11) is -1.43. The van der Waals surface area contributed by atoms with Gasteiger partial charge in [0.1, 0.15) is 5.75 Å². The van der Waals surface area contributed by atoms with Gasteiger partial charge < -0.3 is 19.5 Å². The summed E-state index contributed by atoms with van der Waals surface area (Å²) < 4.78 is 10.7. The highest BCUT2D eigenvalue weighted by atomic mass is 16.5. The van der Waals surface area contributed by atoms with Crippen molar-refractivity contribution < 1.29 is 19.5 Å². The molecule has 0 fully saturated rings. The normalized spacial score (nSPS) is 10.4. The van der Waals surface area contributed by atoms with Gasteiger partial charge >= 0.3 is 7.12 Å².